The first-order valence-corrected chi connectivity index (χ1v) is 13.5. The monoisotopic (exact) mass is 534 g/mol. The lowest BCUT2D eigenvalue weighted by molar-refractivity contribution is -0.126. The molecule has 5 rings (SSSR count). The number of ether oxygens (including phenoxy) is 1. The molecule has 2 aliphatic heterocycles. The van der Waals surface area contributed by atoms with E-state index in [0.29, 0.717) is 38.7 Å². The van der Waals surface area contributed by atoms with Crippen molar-refractivity contribution in [3.8, 4) is 6.01 Å². The molecule has 4 heterocycles. The lowest BCUT2D eigenvalue weighted by Gasteiger charge is -2.38. The molecule has 1 aromatic carbocycles. The summed E-state index contributed by atoms with van der Waals surface area (Å²) in [5.41, 5.74) is 5.25. The Hall–Kier alpha value is -3.70. The van der Waals surface area contributed by atoms with Gasteiger partial charge in [-0.3, -0.25) is 4.79 Å². The summed E-state index contributed by atoms with van der Waals surface area (Å²) in [5.74, 6) is 0.867. The van der Waals surface area contributed by atoms with E-state index in [9.17, 15) is 9.90 Å². The van der Waals surface area contributed by atoms with Crippen molar-refractivity contribution in [1.29, 1.82) is 0 Å². The molecule has 1 atom stereocenters. The van der Waals surface area contributed by atoms with E-state index in [-0.39, 0.29) is 18.7 Å². The number of rotatable bonds is 8. The topological polar surface area (TPSA) is 103 Å². The van der Waals surface area contributed by atoms with Crippen LogP contribution in [-0.4, -0.2) is 100 Å². The molecule has 0 spiro atoms. The number of aliphatic hydroxyl groups excluding tert-OH is 1. The molecule has 0 unspecified atom stereocenters. The number of carbonyl (C=O) groups excluding carboxylic acids is 1. The van der Waals surface area contributed by atoms with E-state index >= 15 is 0 Å². The molecule has 1 N–H and O–H groups in total. The normalized spacial score (nSPS) is 16.5. The highest BCUT2D eigenvalue weighted by molar-refractivity contribution is 5.94. The number of likely N-dealkylation sites (N-methyl/N-ethyl adjacent to an activating group) is 1. The molecular weight excluding hydrogens is 496 g/mol. The van der Waals surface area contributed by atoms with Gasteiger partial charge in [0.1, 0.15) is 18.7 Å². The van der Waals surface area contributed by atoms with Gasteiger partial charge in [-0.25, -0.2) is 4.68 Å². The van der Waals surface area contributed by atoms with Crippen LogP contribution in [0.4, 0.5) is 11.5 Å². The van der Waals surface area contributed by atoms with Gasteiger partial charge >= 0.3 is 6.01 Å². The second-order valence-electron chi connectivity index (χ2n) is 10.6. The minimum Gasteiger partial charge on any atom is -0.459 e. The van der Waals surface area contributed by atoms with Gasteiger partial charge in [-0.05, 0) is 52.1 Å². The fraction of sp³-hybridized carbons (Fsp3) is 0.500. The molecule has 11 heteroatoms. The van der Waals surface area contributed by atoms with E-state index in [2.05, 4.69) is 39.4 Å². The van der Waals surface area contributed by atoms with Crippen LogP contribution in [0.2, 0.25) is 0 Å². The van der Waals surface area contributed by atoms with Gasteiger partial charge in [-0.15, -0.1) is 0 Å². The fourth-order valence-electron chi connectivity index (χ4n) is 5.67. The number of carbonyl (C=O) groups is 1. The summed E-state index contributed by atoms with van der Waals surface area (Å²) in [6.07, 6.45) is 3.92. The summed E-state index contributed by atoms with van der Waals surface area (Å²) in [4.78, 5) is 30.5. The Morgan fingerprint density at radius 1 is 1.18 bits per heavy atom. The van der Waals surface area contributed by atoms with Crippen LogP contribution < -0.4 is 14.5 Å². The van der Waals surface area contributed by atoms with Crippen LogP contribution in [-0.2, 0) is 24.5 Å². The lowest BCUT2D eigenvalue weighted by Crippen LogP contribution is -2.49. The maximum Gasteiger partial charge on any atom is 0.318 e. The fourth-order valence-corrected chi connectivity index (χ4v) is 5.67. The summed E-state index contributed by atoms with van der Waals surface area (Å²) in [6, 6.07) is 4.46. The van der Waals surface area contributed by atoms with Crippen LogP contribution >= 0.6 is 0 Å². The number of fused-ring (bicyclic) bond motifs is 2. The molecule has 11 nitrogen and oxygen atoms in total. The SMILES string of the molecule is C=CC(=O)N1CCN(c2nc(O[C@H](C)CN(C)C)nc3c2CCN(c2c(C)ccc4c2cnn4CO)C3)CC1. The van der Waals surface area contributed by atoms with Crippen LogP contribution in [0, 0.1) is 6.92 Å². The summed E-state index contributed by atoms with van der Waals surface area (Å²) < 4.78 is 7.83. The molecule has 0 bridgehead atoms. The van der Waals surface area contributed by atoms with E-state index < -0.39 is 0 Å². The molecule has 1 amide bonds. The van der Waals surface area contributed by atoms with Gasteiger partial charge in [0.05, 0.1) is 29.6 Å². The van der Waals surface area contributed by atoms with Crippen LogP contribution in [0.25, 0.3) is 10.9 Å². The van der Waals surface area contributed by atoms with Gasteiger partial charge in [0.2, 0.25) is 5.91 Å². The summed E-state index contributed by atoms with van der Waals surface area (Å²) >= 11 is 0. The molecule has 3 aromatic rings. The number of benzene rings is 1. The maximum absolute atomic E-state index is 12.1. The molecule has 39 heavy (non-hydrogen) atoms. The first kappa shape index (κ1) is 26.9. The highest BCUT2D eigenvalue weighted by atomic mass is 16.5. The highest BCUT2D eigenvalue weighted by Gasteiger charge is 2.30. The first-order valence-electron chi connectivity index (χ1n) is 13.5. The average molecular weight is 535 g/mol. The van der Waals surface area contributed by atoms with Gasteiger partial charge in [-0.2, -0.15) is 15.1 Å². The Morgan fingerprint density at radius 2 is 1.95 bits per heavy atom. The van der Waals surface area contributed by atoms with Crippen molar-refractivity contribution < 1.29 is 14.6 Å². The zero-order valence-corrected chi connectivity index (χ0v) is 23.3. The molecule has 0 aliphatic carbocycles. The molecule has 208 valence electrons. The van der Waals surface area contributed by atoms with Crippen molar-refractivity contribution in [3.63, 3.8) is 0 Å². The van der Waals surface area contributed by atoms with Crippen LogP contribution in [0.1, 0.15) is 23.7 Å². The van der Waals surface area contributed by atoms with Crippen LogP contribution in [0.15, 0.2) is 31.0 Å². The van der Waals surface area contributed by atoms with E-state index in [1.54, 1.807) is 4.68 Å². The van der Waals surface area contributed by atoms with Gasteiger partial charge in [0.15, 0.2) is 0 Å². The minimum atomic E-state index is -0.164. The molecule has 1 saturated heterocycles. The number of aryl methyl sites for hydroxylation is 1. The number of nitrogens with zero attached hydrogens (tertiary/aromatic N) is 8. The van der Waals surface area contributed by atoms with E-state index in [1.807, 2.05) is 38.2 Å². The Bertz CT molecular complexity index is 1360. The standard InChI is InChI=1S/C28H38N8O3/c1-6-25(38)33-11-13-34(14-12-33)27-21-9-10-35(17-23(21)30-28(31-27)39-20(3)16-32(4)5)26-19(2)7-8-24-22(26)15-29-36(24)18-37/h6-8,15,20,37H,1,9-14,16-18H2,2-5H3/t20-/m1/s1. The molecule has 1 fully saturated rings. The molecule has 0 saturated carbocycles. The van der Waals surface area contributed by atoms with Gasteiger partial charge in [0.25, 0.3) is 0 Å². The number of hydrogen-bond donors (Lipinski definition) is 1. The van der Waals surface area contributed by atoms with Gasteiger partial charge in [-0.1, -0.05) is 12.6 Å². The Morgan fingerprint density at radius 3 is 2.64 bits per heavy atom. The second-order valence-corrected chi connectivity index (χ2v) is 10.6. The molecule has 2 aromatic heterocycles. The third-order valence-corrected chi connectivity index (χ3v) is 7.47. The van der Waals surface area contributed by atoms with Crippen molar-refractivity contribution in [3.05, 3.63) is 47.8 Å². The first-order chi connectivity index (χ1) is 18.8. The number of piperazine rings is 1. The van der Waals surface area contributed by atoms with Crippen molar-refractivity contribution in [2.45, 2.75) is 39.6 Å². The van der Waals surface area contributed by atoms with Crippen LogP contribution in [0.3, 0.4) is 0 Å². The van der Waals surface area contributed by atoms with Crippen LogP contribution in [0.5, 0.6) is 6.01 Å². The van der Waals surface area contributed by atoms with E-state index in [1.165, 1.54) is 6.08 Å². The molecule has 0 radical (unpaired) electrons. The third kappa shape index (κ3) is 5.41. The van der Waals surface area contributed by atoms with Gasteiger partial charge < -0.3 is 29.4 Å². The summed E-state index contributed by atoms with van der Waals surface area (Å²) in [5, 5.41) is 15.1. The van der Waals surface area contributed by atoms with Gasteiger partial charge in [0, 0.05) is 50.2 Å². The summed E-state index contributed by atoms with van der Waals surface area (Å²) in [7, 11) is 4.03. The zero-order valence-electron chi connectivity index (χ0n) is 23.3. The smallest absolute Gasteiger partial charge is 0.318 e. The number of aromatic nitrogens is 4. The number of aliphatic hydroxyl groups is 1. The lowest BCUT2D eigenvalue weighted by atomic mass is 10.0. The number of amides is 1. The molecule has 2 aliphatic rings. The quantitative estimate of drug-likeness (QED) is 0.434. The van der Waals surface area contributed by atoms with Crippen molar-refractivity contribution >= 4 is 28.3 Å². The second kappa shape index (κ2) is 11.2. The predicted octanol–water partition coefficient (Wildman–Crippen LogP) is 1.81. The Kier molecular flexibility index (Phi) is 7.72. The maximum atomic E-state index is 12.1. The highest BCUT2D eigenvalue weighted by Crippen LogP contribution is 2.36. The summed E-state index contributed by atoms with van der Waals surface area (Å²) in [6.45, 7) is 12.4. The predicted molar refractivity (Wildman–Crippen MR) is 151 cm³/mol. The van der Waals surface area contributed by atoms with Crippen molar-refractivity contribution in [2.75, 3.05) is 63.2 Å². The largest absolute Gasteiger partial charge is 0.459 e. The number of anilines is 2. The third-order valence-electron chi connectivity index (χ3n) is 7.47. The van der Waals surface area contributed by atoms with Crippen molar-refractivity contribution in [1.82, 2.24) is 29.5 Å². The van der Waals surface area contributed by atoms with E-state index in [4.69, 9.17) is 14.7 Å². The zero-order chi connectivity index (χ0) is 27.7. The number of hydrogen-bond acceptors (Lipinski definition) is 9. The average Bonchev–Trinajstić information content (AvgIpc) is 3.34. The Balaban J connectivity index is 1.49. The molecular formula is C28H38N8O3. The van der Waals surface area contributed by atoms with E-state index in [0.717, 1.165) is 58.7 Å². The minimum absolute atomic E-state index is 0.0365. The van der Waals surface area contributed by atoms with Crippen molar-refractivity contribution in [2.24, 2.45) is 0 Å². The Labute approximate surface area is 229 Å².